The van der Waals surface area contributed by atoms with Crippen molar-refractivity contribution in [2.24, 2.45) is 0 Å². The largest absolute Gasteiger partial charge is 0.400 e. The minimum atomic E-state index is -4.24. The van der Waals surface area contributed by atoms with Crippen molar-refractivity contribution < 1.29 is 17.6 Å². The Morgan fingerprint density at radius 1 is 1.33 bits per heavy atom. The molecule has 0 aliphatic carbocycles. The first-order valence-electron chi connectivity index (χ1n) is 4.42. The molecule has 0 N–H and O–H groups in total. The van der Waals surface area contributed by atoms with Crippen molar-refractivity contribution in [3.63, 3.8) is 0 Å². The van der Waals surface area contributed by atoms with Crippen LogP contribution in [0.3, 0.4) is 0 Å². The lowest BCUT2D eigenvalue weighted by molar-refractivity contribution is -0.128. The number of thioether (sulfide) groups is 1. The maximum atomic E-state index is 12.7. The summed E-state index contributed by atoms with van der Waals surface area (Å²) in [6.07, 6.45) is -4.27. The summed E-state index contributed by atoms with van der Waals surface area (Å²) in [4.78, 5) is 0.305. The normalized spacial score (nSPS) is 13.9. The zero-order chi connectivity index (χ0) is 11.5. The molecule has 0 bridgehead atoms. The Kier molecular flexibility index (Phi) is 4.02. The third kappa shape index (κ3) is 3.74. The van der Waals surface area contributed by atoms with Crippen molar-refractivity contribution in [1.82, 2.24) is 0 Å². The lowest BCUT2D eigenvalue weighted by atomic mass is 10.3. The van der Waals surface area contributed by atoms with Crippen LogP contribution in [-0.2, 0) is 0 Å². The lowest BCUT2D eigenvalue weighted by Gasteiger charge is -2.17. The van der Waals surface area contributed by atoms with Gasteiger partial charge in [0.15, 0.2) is 0 Å². The van der Waals surface area contributed by atoms with Crippen molar-refractivity contribution >= 4 is 11.8 Å². The highest BCUT2D eigenvalue weighted by atomic mass is 32.2. The first-order valence-corrected chi connectivity index (χ1v) is 5.30. The molecule has 0 nitrogen and oxygen atoms in total. The van der Waals surface area contributed by atoms with Crippen molar-refractivity contribution in [3.8, 4) is 0 Å². The molecule has 0 radical (unpaired) electrons. The molecule has 1 aromatic carbocycles. The van der Waals surface area contributed by atoms with Gasteiger partial charge in [-0.15, -0.1) is 11.8 Å². The van der Waals surface area contributed by atoms with Gasteiger partial charge < -0.3 is 0 Å². The molecule has 0 amide bonds. The fourth-order valence-electron chi connectivity index (χ4n) is 1.09. The number of alkyl halides is 3. The Labute approximate surface area is 89.7 Å². The van der Waals surface area contributed by atoms with Gasteiger partial charge >= 0.3 is 6.18 Å². The van der Waals surface area contributed by atoms with E-state index in [1.807, 2.05) is 0 Å². The minimum Gasteiger partial charge on any atom is -0.207 e. The second kappa shape index (κ2) is 4.88. The van der Waals surface area contributed by atoms with Gasteiger partial charge in [-0.05, 0) is 24.6 Å². The van der Waals surface area contributed by atoms with E-state index in [0.717, 1.165) is 6.07 Å². The molecule has 0 aliphatic rings. The van der Waals surface area contributed by atoms with Crippen molar-refractivity contribution in [3.05, 3.63) is 30.1 Å². The van der Waals surface area contributed by atoms with E-state index in [2.05, 4.69) is 0 Å². The predicted octanol–water partition coefficient (Wildman–Crippen LogP) is 4.26. The highest BCUT2D eigenvalue weighted by molar-refractivity contribution is 8.00. The first kappa shape index (κ1) is 12.4. The van der Waals surface area contributed by atoms with Gasteiger partial charge in [-0.25, -0.2) is 4.39 Å². The van der Waals surface area contributed by atoms with E-state index in [0.29, 0.717) is 16.7 Å². The average molecular weight is 238 g/mol. The smallest absolute Gasteiger partial charge is 0.207 e. The molecule has 0 aromatic heterocycles. The summed E-state index contributed by atoms with van der Waals surface area (Å²) in [5.74, 6) is -0.517. The summed E-state index contributed by atoms with van der Waals surface area (Å²) in [6.45, 7) is 1.46. The van der Waals surface area contributed by atoms with Crippen LogP contribution in [0.25, 0.3) is 0 Å². The first-order chi connectivity index (χ1) is 6.93. The SMILES string of the molecule is CCC(Sc1cccc(F)c1)C(F)(F)F. The van der Waals surface area contributed by atoms with Gasteiger partial charge in [0.2, 0.25) is 0 Å². The van der Waals surface area contributed by atoms with E-state index in [4.69, 9.17) is 0 Å². The zero-order valence-electron chi connectivity index (χ0n) is 8.01. The molecule has 1 atom stereocenters. The van der Waals surface area contributed by atoms with Crippen LogP contribution in [0.2, 0.25) is 0 Å². The molecule has 5 heteroatoms. The number of halogens is 4. The van der Waals surface area contributed by atoms with Gasteiger partial charge in [0, 0.05) is 4.90 Å². The van der Waals surface area contributed by atoms with Crippen LogP contribution in [0.5, 0.6) is 0 Å². The number of benzene rings is 1. The quantitative estimate of drug-likeness (QED) is 0.560. The van der Waals surface area contributed by atoms with Gasteiger partial charge in [-0.2, -0.15) is 13.2 Å². The maximum Gasteiger partial charge on any atom is 0.400 e. The third-order valence-corrected chi connectivity index (χ3v) is 3.22. The van der Waals surface area contributed by atoms with Gasteiger partial charge in [-0.1, -0.05) is 13.0 Å². The molecule has 84 valence electrons. The lowest BCUT2D eigenvalue weighted by Crippen LogP contribution is -2.24. The zero-order valence-corrected chi connectivity index (χ0v) is 8.83. The van der Waals surface area contributed by atoms with Crippen LogP contribution in [-0.4, -0.2) is 11.4 Å². The van der Waals surface area contributed by atoms with Gasteiger partial charge in [0.25, 0.3) is 0 Å². The Hall–Kier alpha value is -0.710. The van der Waals surface area contributed by atoms with Crippen LogP contribution in [0, 0.1) is 5.82 Å². The molecule has 0 saturated carbocycles. The number of hydrogen-bond acceptors (Lipinski definition) is 1. The van der Waals surface area contributed by atoms with E-state index in [-0.39, 0.29) is 6.42 Å². The molecule has 1 aromatic rings. The highest BCUT2D eigenvalue weighted by Gasteiger charge is 2.38. The van der Waals surface area contributed by atoms with Gasteiger partial charge in [0.05, 0.1) is 0 Å². The van der Waals surface area contributed by atoms with Crippen molar-refractivity contribution in [1.29, 1.82) is 0 Å². The van der Waals surface area contributed by atoms with Crippen LogP contribution in [0.4, 0.5) is 17.6 Å². The van der Waals surface area contributed by atoms with Crippen molar-refractivity contribution in [2.45, 2.75) is 29.7 Å². The number of rotatable bonds is 3. The predicted molar refractivity (Wildman–Crippen MR) is 52.4 cm³/mol. The van der Waals surface area contributed by atoms with E-state index < -0.39 is 17.2 Å². The van der Waals surface area contributed by atoms with E-state index >= 15 is 0 Å². The maximum absolute atomic E-state index is 12.7. The Morgan fingerprint density at radius 2 is 2.00 bits per heavy atom. The van der Waals surface area contributed by atoms with Gasteiger partial charge in [0.1, 0.15) is 11.1 Å². The summed E-state index contributed by atoms with van der Waals surface area (Å²) < 4.78 is 49.9. The molecule has 0 aliphatic heterocycles. The minimum absolute atomic E-state index is 0.0231. The molecule has 0 spiro atoms. The Balaban J connectivity index is 2.76. The summed E-state index contributed by atoms with van der Waals surface area (Å²) in [7, 11) is 0. The van der Waals surface area contributed by atoms with E-state index in [1.54, 1.807) is 0 Å². The Morgan fingerprint density at radius 3 is 2.47 bits per heavy atom. The van der Waals surface area contributed by atoms with Crippen LogP contribution in [0.1, 0.15) is 13.3 Å². The molecule has 0 heterocycles. The molecular weight excluding hydrogens is 228 g/mol. The van der Waals surface area contributed by atoms with Crippen LogP contribution >= 0.6 is 11.8 Å². The Bertz CT molecular complexity index is 321. The third-order valence-electron chi connectivity index (χ3n) is 1.81. The molecule has 0 saturated heterocycles. The summed E-state index contributed by atoms with van der Waals surface area (Å²) in [6, 6.07) is 5.20. The summed E-state index contributed by atoms with van der Waals surface area (Å²) in [5, 5.41) is -1.47. The second-order valence-electron chi connectivity index (χ2n) is 3.01. The summed E-state index contributed by atoms with van der Waals surface area (Å²) in [5.41, 5.74) is 0. The molecule has 0 fully saturated rings. The fraction of sp³-hybridized carbons (Fsp3) is 0.400. The van der Waals surface area contributed by atoms with E-state index in [1.165, 1.54) is 25.1 Å². The molecular formula is C10H10F4S. The molecule has 1 unspecified atom stereocenters. The fourth-order valence-corrected chi connectivity index (χ4v) is 2.05. The van der Waals surface area contributed by atoms with Gasteiger partial charge in [-0.3, -0.25) is 0 Å². The van der Waals surface area contributed by atoms with E-state index in [9.17, 15) is 17.6 Å². The van der Waals surface area contributed by atoms with Crippen molar-refractivity contribution in [2.75, 3.05) is 0 Å². The molecule has 1 rings (SSSR count). The monoisotopic (exact) mass is 238 g/mol. The van der Waals surface area contributed by atoms with Crippen LogP contribution < -0.4 is 0 Å². The topological polar surface area (TPSA) is 0 Å². The standard InChI is InChI=1S/C10H10F4S/c1-2-9(10(12,13)14)15-8-5-3-4-7(11)6-8/h3-6,9H,2H2,1H3. The highest BCUT2D eigenvalue weighted by Crippen LogP contribution is 2.37. The average Bonchev–Trinajstić information content (AvgIpc) is 2.12. The number of hydrogen-bond donors (Lipinski definition) is 0. The van der Waals surface area contributed by atoms with Crippen LogP contribution in [0.15, 0.2) is 29.2 Å². The summed E-state index contributed by atoms with van der Waals surface area (Å²) >= 11 is 0.645. The molecule has 15 heavy (non-hydrogen) atoms. The second-order valence-corrected chi connectivity index (χ2v) is 4.29.